The summed E-state index contributed by atoms with van der Waals surface area (Å²) in [5.41, 5.74) is 10.8. The lowest BCUT2D eigenvalue weighted by Gasteiger charge is -2.38. The fourth-order valence-electron chi connectivity index (χ4n) is 4.52. The van der Waals surface area contributed by atoms with Crippen LogP contribution in [0, 0.1) is 0 Å². The highest BCUT2D eigenvalue weighted by Crippen LogP contribution is 2.45. The molecule has 0 spiro atoms. The topological polar surface area (TPSA) is 61.9 Å². The number of aliphatic hydroxyl groups is 1. The first-order valence-electron chi connectivity index (χ1n) is 9.99. The predicted molar refractivity (Wildman–Crippen MR) is 112 cm³/mol. The Balaban J connectivity index is 1.55. The first-order valence-corrected chi connectivity index (χ1v) is 9.99. The zero-order valence-corrected chi connectivity index (χ0v) is 15.8. The smallest absolute Gasteiger partial charge is 0.134 e. The normalized spacial score (nSPS) is 25.0. The number of hydrogen-bond donors (Lipinski definition) is 2. The van der Waals surface area contributed by atoms with Gasteiger partial charge in [0.05, 0.1) is 12.6 Å². The van der Waals surface area contributed by atoms with Crippen molar-refractivity contribution in [2.24, 2.45) is 10.7 Å². The Morgan fingerprint density at radius 3 is 2.43 bits per heavy atom. The van der Waals surface area contributed by atoms with Gasteiger partial charge in [-0.05, 0) is 42.0 Å². The summed E-state index contributed by atoms with van der Waals surface area (Å²) in [5.74, 6) is 0.863. The van der Waals surface area contributed by atoms with Crippen LogP contribution in [-0.4, -0.2) is 22.4 Å². The molecule has 0 amide bonds. The summed E-state index contributed by atoms with van der Waals surface area (Å²) in [7, 11) is 0. The molecule has 0 aromatic heterocycles. The number of rotatable bonds is 4. The third-order valence-electron chi connectivity index (χ3n) is 6.32. The van der Waals surface area contributed by atoms with Crippen LogP contribution in [-0.2, 0) is 5.54 Å². The number of benzene rings is 2. The Hall–Kier alpha value is -2.69. The molecule has 1 aliphatic carbocycles. The largest absolute Gasteiger partial charge is 0.392 e. The van der Waals surface area contributed by atoms with Gasteiger partial charge < -0.3 is 15.7 Å². The van der Waals surface area contributed by atoms with E-state index in [9.17, 15) is 5.11 Å². The second-order valence-corrected chi connectivity index (χ2v) is 7.98. The number of allylic oxidation sites excluding steroid dienone is 2. The predicted octanol–water partition coefficient (Wildman–Crippen LogP) is 3.97. The second kappa shape index (κ2) is 6.73. The lowest BCUT2D eigenvalue weighted by molar-refractivity contribution is 0.253. The Bertz CT molecular complexity index is 955. The number of aliphatic hydroxyl groups excluding tert-OH is 1. The third-order valence-corrected chi connectivity index (χ3v) is 6.32. The zero-order valence-electron chi connectivity index (χ0n) is 15.8. The fourth-order valence-corrected chi connectivity index (χ4v) is 4.52. The van der Waals surface area contributed by atoms with Gasteiger partial charge in [-0.3, -0.25) is 4.99 Å². The van der Waals surface area contributed by atoms with Gasteiger partial charge in [0.15, 0.2) is 0 Å². The number of nitrogens with zero attached hydrogens (tertiary/aromatic N) is 2. The summed E-state index contributed by atoms with van der Waals surface area (Å²) in [6, 6.07) is 19.2. The minimum absolute atomic E-state index is 0.0114. The van der Waals surface area contributed by atoms with Crippen molar-refractivity contribution in [3.8, 4) is 0 Å². The van der Waals surface area contributed by atoms with Crippen LogP contribution >= 0.6 is 0 Å². The number of amidine groups is 1. The van der Waals surface area contributed by atoms with Gasteiger partial charge in [0.1, 0.15) is 11.9 Å². The molecule has 28 heavy (non-hydrogen) atoms. The molecule has 0 radical (unpaired) electrons. The quantitative estimate of drug-likeness (QED) is 0.855. The first kappa shape index (κ1) is 17.4. The Kier molecular flexibility index (Phi) is 4.18. The second-order valence-electron chi connectivity index (χ2n) is 7.98. The van der Waals surface area contributed by atoms with Crippen molar-refractivity contribution in [1.82, 2.24) is 4.90 Å². The summed E-state index contributed by atoms with van der Waals surface area (Å²) in [6.07, 6.45) is 9.33. The van der Waals surface area contributed by atoms with Crippen LogP contribution in [0.25, 0.3) is 0 Å². The van der Waals surface area contributed by atoms with Crippen LogP contribution in [0.15, 0.2) is 83.5 Å². The van der Waals surface area contributed by atoms with Gasteiger partial charge >= 0.3 is 0 Å². The number of nitrogens with two attached hydrogens (primary N) is 1. The van der Waals surface area contributed by atoms with Crippen LogP contribution in [0.3, 0.4) is 0 Å². The van der Waals surface area contributed by atoms with Crippen molar-refractivity contribution in [2.45, 2.75) is 36.9 Å². The summed E-state index contributed by atoms with van der Waals surface area (Å²) in [5, 5.41) is 9.79. The van der Waals surface area contributed by atoms with Crippen LogP contribution in [0.1, 0.15) is 48.0 Å². The van der Waals surface area contributed by atoms with E-state index in [2.05, 4.69) is 59.6 Å². The molecule has 4 nitrogen and oxygen atoms in total. The Morgan fingerprint density at radius 1 is 1.04 bits per heavy atom. The van der Waals surface area contributed by atoms with E-state index in [4.69, 9.17) is 10.7 Å². The molecule has 2 aromatic rings. The van der Waals surface area contributed by atoms with Crippen LogP contribution in [0.4, 0.5) is 0 Å². The van der Waals surface area contributed by atoms with Crippen molar-refractivity contribution in [3.05, 3.63) is 95.2 Å². The van der Waals surface area contributed by atoms with Crippen molar-refractivity contribution < 1.29 is 5.11 Å². The van der Waals surface area contributed by atoms with Crippen molar-refractivity contribution in [2.75, 3.05) is 6.61 Å². The maximum Gasteiger partial charge on any atom is 0.134 e. The minimum atomic E-state index is -0.147. The molecule has 0 bridgehead atoms. The maximum atomic E-state index is 9.79. The first-order chi connectivity index (χ1) is 13.7. The molecule has 1 fully saturated rings. The monoisotopic (exact) mass is 371 g/mol. The molecule has 5 rings (SSSR count). The molecule has 2 unspecified atom stereocenters. The third kappa shape index (κ3) is 2.72. The Morgan fingerprint density at radius 2 is 1.79 bits per heavy atom. The lowest BCUT2D eigenvalue weighted by atomic mass is 9.72. The molecule has 2 heterocycles. The SMILES string of the molecule is NC1(c2ccc(C3N=C4C(CO)=CC=CN4C3c3ccccc3)cc2)CCC1. The van der Waals surface area contributed by atoms with E-state index in [1.165, 1.54) is 23.1 Å². The molecular formula is C24H25N3O. The van der Waals surface area contributed by atoms with Crippen molar-refractivity contribution in [1.29, 1.82) is 0 Å². The summed E-state index contributed by atoms with van der Waals surface area (Å²) in [6.45, 7) is -0.0114. The molecule has 2 atom stereocenters. The highest BCUT2D eigenvalue weighted by Gasteiger charge is 2.39. The van der Waals surface area contributed by atoms with Gasteiger partial charge in [-0.25, -0.2) is 0 Å². The van der Waals surface area contributed by atoms with Crippen LogP contribution < -0.4 is 5.73 Å². The van der Waals surface area contributed by atoms with E-state index >= 15 is 0 Å². The van der Waals surface area contributed by atoms with E-state index in [0.717, 1.165) is 24.3 Å². The maximum absolute atomic E-state index is 9.79. The molecule has 4 heteroatoms. The number of aliphatic imine (C=N–C) groups is 1. The Labute approximate surface area is 165 Å². The van der Waals surface area contributed by atoms with Gasteiger partial charge in [0.2, 0.25) is 0 Å². The van der Waals surface area contributed by atoms with E-state index in [1.807, 2.05) is 18.2 Å². The van der Waals surface area contributed by atoms with Gasteiger partial charge in [-0.2, -0.15) is 0 Å². The van der Waals surface area contributed by atoms with Crippen LogP contribution in [0.2, 0.25) is 0 Å². The van der Waals surface area contributed by atoms with E-state index in [1.54, 1.807) is 0 Å². The van der Waals surface area contributed by atoms with Gasteiger partial charge in [-0.1, -0.05) is 60.7 Å². The summed E-state index contributed by atoms with van der Waals surface area (Å²) in [4.78, 5) is 7.24. The van der Waals surface area contributed by atoms with Gasteiger partial charge in [0, 0.05) is 17.3 Å². The zero-order chi connectivity index (χ0) is 19.1. The van der Waals surface area contributed by atoms with E-state index < -0.39 is 0 Å². The molecule has 3 aliphatic rings. The number of hydrogen-bond acceptors (Lipinski definition) is 4. The van der Waals surface area contributed by atoms with Gasteiger partial charge in [0.25, 0.3) is 0 Å². The molecule has 2 aliphatic heterocycles. The lowest BCUT2D eigenvalue weighted by Crippen LogP contribution is -2.43. The summed E-state index contributed by atoms with van der Waals surface area (Å²) >= 11 is 0. The highest BCUT2D eigenvalue weighted by molar-refractivity contribution is 6.02. The van der Waals surface area contributed by atoms with Crippen LogP contribution in [0.5, 0.6) is 0 Å². The highest BCUT2D eigenvalue weighted by atomic mass is 16.3. The molecular weight excluding hydrogens is 346 g/mol. The molecule has 0 saturated heterocycles. The molecule has 1 saturated carbocycles. The molecule has 3 N–H and O–H groups in total. The standard InChI is InChI=1S/C24H25N3O/c25-24(13-5-14-24)20-11-9-17(10-12-20)21-22(18-6-2-1-3-7-18)27-15-4-8-19(16-28)23(27)26-21/h1-4,6-12,15,21-22,28H,5,13-14,16,25H2. The van der Waals surface area contributed by atoms with Gasteiger partial charge in [-0.15, -0.1) is 0 Å². The fraction of sp³-hybridized carbons (Fsp3) is 0.292. The number of fused-ring (bicyclic) bond motifs is 1. The van der Waals surface area contributed by atoms with E-state index in [-0.39, 0.29) is 24.2 Å². The summed E-state index contributed by atoms with van der Waals surface area (Å²) < 4.78 is 0. The average Bonchev–Trinajstić information content (AvgIpc) is 3.12. The van der Waals surface area contributed by atoms with E-state index in [0.29, 0.717) is 0 Å². The average molecular weight is 371 g/mol. The minimum Gasteiger partial charge on any atom is -0.392 e. The van der Waals surface area contributed by atoms with Crippen molar-refractivity contribution >= 4 is 5.84 Å². The van der Waals surface area contributed by atoms with Crippen molar-refractivity contribution in [3.63, 3.8) is 0 Å². The molecule has 2 aromatic carbocycles. The molecule has 142 valence electrons.